The maximum Gasteiger partial charge on any atom is 0.257 e. The van der Waals surface area contributed by atoms with E-state index in [0.29, 0.717) is 41.9 Å². The van der Waals surface area contributed by atoms with Crippen LogP contribution in [0.5, 0.6) is 5.75 Å². The summed E-state index contributed by atoms with van der Waals surface area (Å²) in [4.78, 5) is 33.7. The van der Waals surface area contributed by atoms with Crippen molar-refractivity contribution in [3.05, 3.63) is 59.9 Å². The zero-order valence-corrected chi connectivity index (χ0v) is 17.1. The average molecular weight is 405 g/mol. The number of pyridine rings is 1. The Morgan fingerprint density at radius 1 is 0.967 bits per heavy atom. The number of carbonyl (C=O) groups excluding carboxylic acids is 2. The molecule has 3 heterocycles. The van der Waals surface area contributed by atoms with Crippen molar-refractivity contribution >= 4 is 11.8 Å². The molecule has 156 valence electrons. The number of hydrogen-bond acceptors (Lipinski definition) is 4. The van der Waals surface area contributed by atoms with E-state index in [2.05, 4.69) is 4.98 Å². The zero-order chi connectivity index (χ0) is 20.5. The highest BCUT2D eigenvalue weighted by atomic mass is 16.5. The Kier molecular flexibility index (Phi) is 5.15. The zero-order valence-electron chi connectivity index (χ0n) is 17.1. The van der Waals surface area contributed by atoms with Crippen LogP contribution in [0.15, 0.2) is 48.8 Å². The van der Waals surface area contributed by atoms with E-state index in [0.717, 1.165) is 32.2 Å². The summed E-state index contributed by atoms with van der Waals surface area (Å²) in [6.07, 6.45) is 8.32. The van der Waals surface area contributed by atoms with Crippen LogP contribution in [0.3, 0.4) is 0 Å². The van der Waals surface area contributed by atoms with Gasteiger partial charge in [0, 0.05) is 50.9 Å². The van der Waals surface area contributed by atoms with Gasteiger partial charge in [0.05, 0.1) is 11.1 Å². The number of hydrogen-bond donors (Lipinski definition) is 0. The van der Waals surface area contributed by atoms with Crippen molar-refractivity contribution in [2.24, 2.45) is 5.92 Å². The number of benzene rings is 1. The summed E-state index contributed by atoms with van der Waals surface area (Å²) in [5.41, 5.74) is 1.28. The van der Waals surface area contributed by atoms with Gasteiger partial charge in [0.15, 0.2) is 0 Å². The number of nitrogens with zero attached hydrogens (tertiary/aromatic N) is 3. The highest BCUT2D eigenvalue weighted by Crippen LogP contribution is 2.39. The van der Waals surface area contributed by atoms with Gasteiger partial charge in [-0.2, -0.15) is 0 Å². The fourth-order valence-corrected chi connectivity index (χ4v) is 5.10. The van der Waals surface area contributed by atoms with E-state index in [4.69, 9.17) is 4.74 Å². The molecular weight excluding hydrogens is 378 g/mol. The Morgan fingerprint density at radius 2 is 1.80 bits per heavy atom. The molecule has 3 aliphatic rings. The molecule has 6 heteroatoms. The molecule has 0 spiro atoms. The van der Waals surface area contributed by atoms with Gasteiger partial charge in [0.2, 0.25) is 0 Å². The normalized spacial score (nSPS) is 23.6. The summed E-state index contributed by atoms with van der Waals surface area (Å²) in [5.74, 6) is 1.46. The first-order valence-corrected chi connectivity index (χ1v) is 10.9. The smallest absolute Gasteiger partial charge is 0.257 e. The highest BCUT2D eigenvalue weighted by molar-refractivity contribution is 5.97. The molecule has 1 aliphatic carbocycles. The molecule has 0 radical (unpaired) electrons. The number of carbonyl (C=O) groups is 2. The molecule has 2 bridgehead atoms. The van der Waals surface area contributed by atoms with Crippen LogP contribution in [0, 0.1) is 5.92 Å². The third-order valence-corrected chi connectivity index (χ3v) is 6.72. The summed E-state index contributed by atoms with van der Waals surface area (Å²) < 4.78 is 6.28. The lowest BCUT2D eigenvalue weighted by atomic mass is 10.1. The molecule has 30 heavy (non-hydrogen) atoms. The van der Waals surface area contributed by atoms with Crippen molar-refractivity contribution in [3.8, 4) is 5.75 Å². The monoisotopic (exact) mass is 405 g/mol. The molecule has 3 fully saturated rings. The van der Waals surface area contributed by atoms with Gasteiger partial charge in [-0.15, -0.1) is 0 Å². The summed E-state index contributed by atoms with van der Waals surface area (Å²) >= 11 is 0. The quantitative estimate of drug-likeness (QED) is 0.782. The van der Waals surface area contributed by atoms with Crippen LogP contribution in [0.1, 0.15) is 52.8 Å². The van der Waals surface area contributed by atoms with E-state index >= 15 is 0 Å². The summed E-state index contributed by atoms with van der Waals surface area (Å²) in [7, 11) is 0. The van der Waals surface area contributed by atoms with Crippen LogP contribution in [0.4, 0.5) is 0 Å². The number of fused-ring (bicyclic) bond motifs is 2. The first-order chi connectivity index (χ1) is 14.7. The van der Waals surface area contributed by atoms with Gasteiger partial charge in [-0.1, -0.05) is 12.1 Å². The molecule has 2 aliphatic heterocycles. The van der Waals surface area contributed by atoms with Crippen molar-refractivity contribution in [1.82, 2.24) is 14.8 Å². The summed E-state index contributed by atoms with van der Waals surface area (Å²) in [5, 5.41) is 0. The molecule has 5 rings (SSSR count). The second kappa shape index (κ2) is 8.09. The number of para-hydroxylation sites is 1. The predicted octanol–water partition coefficient (Wildman–Crippen LogP) is 3.39. The number of rotatable bonds is 4. The minimum absolute atomic E-state index is 0.00641. The molecule has 1 aromatic heterocycles. The first-order valence-electron chi connectivity index (χ1n) is 10.9. The van der Waals surface area contributed by atoms with Crippen LogP contribution in [0.2, 0.25) is 0 Å². The van der Waals surface area contributed by atoms with Crippen molar-refractivity contribution in [2.45, 2.75) is 44.2 Å². The van der Waals surface area contributed by atoms with Crippen LogP contribution in [-0.4, -0.2) is 58.4 Å². The summed E-state index contributed by atoms with van der Waals surface area (Å²) in [6, 6.07) is 11.6. The topological polar surface area (TPSA) is 62.7 Å². The molecule has 2 aromatic rings. The van der Waals surface area contributed by atoms with Gasteiger partial charge in [-0.25, -0.2) is 0 Å². The molecule has 6 nitrogen and oxygen atoms in total. The van der Waals surface area contributed by atoms with E-state index in [9.17, 15) is 9.59 Å². The lowest BCUT2D eigenvalue weighted by Gasteiger charge is -2.33. The van der Waals surface area contributed by atoms with Crippen LogP contribution in [0.25, 0.3) is 0 Å². The van der Waals surface area contributed by atoms with E-state index in [-0.39, 0.29) is 17.9 Å². The summed E-state index contributed by atoms with van der Waals surface area (Å²) in [6.45, 7) is 2.17. The average Bonchev–Trinajstić information content (AvgIpc) is 3.44. The number of likely N-dealkylation sites (tertiary alicyclic amines) is 2. The maximum atomic E-state index is 13.2. The fourth-order valence-electron chi connectivity index (χ4n) is 5.10. The van der Waals surface area contributed by atoms with E-state index in [1.54, 1.807) is 24.5 Å². The van der Waals surface area contributed by atoms with Crippen LogP contribution in [-0.2, 0) is 0 Å². The second-order valence-corrected chi connectivity index (χ2v) is 8.64. The lowest BCUT2D eigenvalue weighted by Crippen LogP contribution is -2.42. The Hall–Kier alpha value is -2.89. The molecule has 0 unspecified atom stereocenters. The van der Waals surface area contributed by atoms with Gasteiger partial charge < -0.3 is 14.5 Å². The predicted molar refractivity (Wildman–Crippen MR) is 112 cm³/mol. The van der Waals surface area contributed by atoms with E-state index in [1.165, 1.54) is 6.42 Å². The molecular formula is C24H27N3O3. The Balaban J connectivity index is 1.22. The third-order valence-electron chi connectivity index (χ3n) is 6.72. The minimum Gasteiger partial charge on any atom is -0.489 e. The van der Waals surface area contributed by atoms with Gasteiger partial charge in [-0.05, 0) is 49.4 Å². The van der Waals surface area contributed by atoms with Crippen molar-refractivity contribution in [3.63, 3.8) is 0 Å². The van der Waals surface area contributed by atoms with Crippen LogP contribution >= 0.6 is 0 Å². The molecule has 2 amide bonds. The van der Waals surface area contributed by atoms with Gasteiger partial charge in [0.1, 0.15) is 11.9 Å². The van der Waals surface area contributed by atoms with Gasteiger partial charge in [0.25, 0.3) is 11.8 Å². The Bertz CT molecular complexity index is 924. The van der Waals surface area contributed by atoms with Crippen molar-refractivity contribution in [1.29, 1.82) is 0 Å². The molecule has 2 atom stereocenters. The standard InChI is InChI=1S/C24H27N3O3/c28-23(18-4-3-11-25-15-18)26-12-9-20(10-13-26)30-22-6-2-1-5-21(22)24(29)27-16-17-7-8-19(27)14-17/h1-6,11,15,17,19-20H,7-10,12-14,16H2/t17-,19-/m0/s1. The molecule has 1 aromatic carbocycles. The number of piperidine rings is 2. The van der Waals surface area contributed by atoms with E-state index in [1.807, 2.05) is 34.1 Å². The van der Waals surface area contributed by atoms with E-state index < -0.39 is 0 Å². The number of amides is 2. The molecule has 1 saturated carbocycles. The lowest BCUT2D eigenvalue weighted by molar-refractivity contribution is 0.0587. The third kappa shape index (κ3) is 3.66. The Labute approximate surface area is 176 Å². The SMILES string of the molecule is O=C(c1cccnc1)N1CCC(Oc2ccccc2C(=O)N2C[C@H]3CC[C@H]2C3)CC1. The largest absolute Gasteiger partial charge is 0.489 e. The fraction of sp³-hybridized carbons (Fsp3) is 0.458. The second-order valence-electron chi connectivity index (χ2n) is 8.64. The molecule has 2 saturated heterocycles. The Morgan fingerprint density at radius 3 is 2.50 bits per heavy atom. The maximum absolute atomic E-state index is 13.2. The number of ether oxygens (including phenoxy) is 1. The van der Waals surface area contributed by atoms with Crippen molar-refractivity contribution < 1.29 is 14.3 Å². The minimum atomic E-state index is 0.00641. The molecule has 0 N–H and O–H groups in total. The van der Waals surface area contributed by atoms with Gasteiger partial charge >= 0.3 is 0 Å². The highest BCUT2D eigenvalue weighted by Gasteiger charge is 2.41. The number of aromatic nitrogens is 1. The van der Waals surface area contributed by atoms with Gasteiger partial charge in [-0.3, -0.25) is 14.6 Å². The van der Waals surface area contributed by atoms with Crippen molar-refractivity contribution in [2.75, 3.05) is 19.6 Å². The van der Waals surface area contributed by atoms with Crippen LogP contribution < -0.4 is 4.74 Å². The first kappa shape index (κ1) is 19.1.